The van der Waals surface area contributed by atoms with Crippen LogP contribution >= 0.6 is 0 Å². The quantitative estimate of drug-likeness (QED) is 0.142. The van der Waals surface area contributed by atoms with Gasteiger partial charge < -0.3 is 56.8 Å². The lowest BCUT2D eigenvalue weighted by Crippen LogP contribution is -2.63. The first kappa shape index (κ1) is 45.6. The molecule has 2 heterocycles. The van der Waals surface area contributed by atoms with Crippen LogP contribution in [0.2, 0.25) is 0 Å². The molecule has 57 heavy (non-hydrogen) atoms. The minimum absolute atomic E-state index is 0.162. The zero-order valence-electron chi connectivity index (χ0n) is 32.4. The predicted molar refractivity (Wildman–Crippen MR) is 184 cm³/mol. The molecule has 2 aliphatic heterocycles. The Bertz CT molecular complexity index is 1690. The van der Waals surface area contributed by atoms with Crippen LogP contribution in [0.5, 0.6) is 5.75 Å². The molecule has 0 saturated carbocycles. The summed E-state index contributed by atoms with van der Waals surface area (Å²) in [4.78, 5) is 95.4. The minimum atomic E-state index is -1.46. The third-order valence-corrected chi connectivity index (χ3v) is 7.56. The fourth-order valence-corrected chi connectivity index (χ4v) is 5.62. The van der Waals surface area contributed by atoms with Gasteiger partial charge in [0.05, 0.1) is 0 Å². The molecule has 20 heteroatoms. The predicted octanol–water partition coefficient (Wildman–Crippen LogP) is 0.600. The van der Waals surface area contributed by atoms with Crippen molar-refractivity contribution in [1.29, 1.82) is 0 Å². The van der Waals surface area contributed by atoms with Gasteiger partial charge >= 0.3 is 47.8 Å². The van der Waals surface area contributed by atoms with Crippen LogP contribution in [0.4, 0.5) is 0 Å². The van der Waals surface area contributed by atoms with Gasteiger partial charge in [0.15, 0.2) is 36.8 Å². The van der Waals surface area contributed by atoms with E-state index >= 15 is 0 Å². The van der Waals surface area contributed by atoms with Gasteiger partial charge in [0.25, 0.3) is 0 Å². The van der Waals surface area contributed by atoms with E-state index in [4.69, 9.17) is 56.8 Å². The maximum Gasteiger partial charge on any atom is 0.303 e. The molecule has 0 N–H and O–H groups in total. The zero-order valence-corrected chi connectivity index (χ0v) is 32.4. The van der Waals surface area contributed by atoms with E-state index in [-0.39, 0.29) is 12.4 Å². The van der Waals surface area contributed by atoms with Crippen LogP contribution in [0, 0.1) is 11.8 Å². The SMILES string of the molecule is CC(=O)OC[C@H]1O[C@H](OCC#Cc2ccc(O[C@H]3O[C@H](COC(C)=O)[C@@H](OC(C)=O)[C@H](OC(C)=O)[C@@H]3OC(C)=O)cc2)[C@@H](OC(C)=O)[C@@H](OC(C)=O)[C@@H]1OC(C)=O. The smallest absolute Gasteiger partial charge is 0.303 e. The van der Waals surface area contributed by atoms with E-state index in [0.29, 0.717) is 5.56 Å². The van der Waals surface area contributed by atoms with Gasteiger partial charge in [0.2, 0.25) is 12.4 Å². The molecule has 2 saturated heterocycles. The summed E-state index contributed by atoms with van der Waals surface area (Å²) in [6.45, 7) is 7.66. The number of carbonyl (C=O) groups is 8. The molecular weight excluding hydrogens is 764 g/mol. The molecule has 3 rings (SSSR count). The lowest BCUT2D eigenvalue weighted by molar-refractivity contribution is -0.305. The Labute approximate surface area is 326 Å². The summed E-state index contributed by atoms with van der Waals surface area (Å²) < 4.78 is 66.0. The summed E-state index contributed by atoms with van der Waals surface area (Å²) in [6.07, 6.45) is -13.8. The van der Waals surface area contributed by atoms with E-state index in [0.717, 1.165) is 55.4 Å². The molecule has 10 atom stereocenters. The van der Waals surface area contributed by atoms with Crippen molar-refractivity contribution in [2.75, 3.05) is 19.8 Å². The average molecular weight is 809 g/mol. The molecule has 1 aromatic carbocycles. The molecule has 20 nitrogen and oxygen atoms in total. The van der Waals surface area contributed by atoms with E-state index in [9.17, 15) is 38.4 Å². The second-order valence-corrected chi connectivity index (χ2v) is 12.4. The lowest BCUT2D eigenvalue weighted by Gasteiger charge is -2.43. The summed E-state index contributed by atoms with van der Waals surface area (Å²) >= 11 is 0. The zero-order chi connectivity index (χ0) is 42.4. The third kappa shape index (κ3) is 14.7. The molecule has 0 amide bonds. The topological polar surface area (TPSA) is 247 Å². The van der Waals surface area contributed by atoms with Crippen molar-refractivity contribution >= 4 is 47.8 Å². The Kier molecular flexibility index (Phi) is 17.2. The molecular formula is C37H44O20. The molecule has 0 unspecified atom stereocenters. The molecule has 2 fully saturated rings. The highest BCUT2D eigenvalue weighted by Crippen LogP contribution is 2.32. The van der Waals surface area contributed by atoms with Crippen LogP contribution in [0.25, 0.3) is 0 Å². The molecule has 0 aromatic heterocycles. The highest BCUT2D eigenvalue weighted by Gasteiger charge is 2.54. The number of carbonyl (C=O) groups excluding carboxylic acids is 8. The lowest BCUT2D eigenvalue weighted by atomic mass is 9.98. The van der Waals surface area contributed by atoms with Crippen molar-refractivity contribution in [2.24, 2.45) is 0 Å². The largest absolute Gasteiger partial charge is 0.463 e. The van der Waals surface area contributed by atoms with E-state index in [1.165, 1.54) is 12.1 Å². The van der Waals surface area contributed by atoms with Gasteiger partial charge in [0, 0.05) is 61.0 Å². The highest BCUT2D eigenvalue weighted by atomic mass is 16.7. The Hall–Kier alpha value is -5.78. The Morgan fingerprint density at radius 2 is 0.860 bits per heavy atom. The summed E-state index contributed by atoms with van der Waals surface area (Å²) in [5.74, 6) is -0.349. The maximum absolute atomic E-state index is 12.1. The van der Waals surface area contributed by atoms with Gasteiger partial charge in [-0.1, -0.05) is 11.8 Å². The summed E-state index contributed by atoms with van der Waals surface area (Å²) in [7, 11) is 0. The summed E-state index contributed by atoms with van der Waals surface area (Å²) in [5, 5.41) is 0. The number of hydrogen-bond donors (Lipinski definition) is 0. The van der Waals surface area contributed by atoms with E-state index in [1.54, 1.807) is 12.1 Å². The van der Waals surface area contributed by atoms with Gasteiger partial charge in [-0.2, -0.15) is 0 Å². The summed E-state index contributed by atoms with van der Waals surface area (Å²) in [6, 6.07) is 6.06. The summed E-state index contributed by atoms with van der Waals surface area (Å²) in [5.41, 5.74) is 0.439. The normalized spacial score (nSPS) is 26.5. The number of esters is 8. The van der Waals surface area contributed by atoms with Crippen molar-refractivity contribution in [3.05, 3.63) is 29.8 Å². The standard InChI is InChI=1S/C37H44O20/c1-18(38)47-16-28-30(49-20(3)40)32(51-22(5)42)34(53-24(7)44)36(56-28)46-15-9-10-26-11-13-27(14-12-26)55-37-35(54-25(8)45)33(52-23(6)43)31(50-21(4)41)29(57-37)17-48-19(2)39/h11-14,28-37H,15-17H2,1-8H3/t28-,29-,30-,31-,32+,33+,34+,35+,36+,37+/m1/s1. The van der Waals surface area contributed by atoms with Crippen molar-refractivity contribution in [3.8, 4) is 17.6 Å². The molecule has 2 aliphatic rings. The van der Waals surface area contributed by atoms with Gasteiger partial charge in [0.1, 0.15) is 37.8 Å². The molecule has 0 spiro atoms. The van der Waals surface area contributed by atoms with Crippen molar-refractivity contribution < 1.29 is 95.2 Å². The van der Waals surface area contributed by atoms with Gasteiger partial charge in [-0.3, -0.25) is 38.4 Å². The number of benzene rings is 1. The number of hydrogen-bond acceptors (Lipinski definition) is 20. The first-order valence-corrected chi connectivity index (χ1v) is 17.3. The van der Waals surface area contributed by atoms with Crippen LogP contribution in [0.1, 0.15) is 61.0 Å². The second kappa shape index (κ2) is 21.5. The van der Waals surface area contributed by atoms with Crippen LogP contribution < -0.4 is 4.74 Å². The molecule has 0 aliphatic carbocycles. The fraction of sp³-hybridized carbons (Fsp3) is 0.568. The number of ether oxygens (including phenoxy) is 12. The average Bonchev–Trinajstić information content (AvgIpc) is 3.09. The molecule has 0 bridgehead atoms. The third-order valence-electron chi connectivity index (χ3n) is 7.56. The first-order valence-electron chi connectivity index (χ1n) is 17.3. The van der Waals surface area contributed by atoms with Crippen molar-refractivity contribution in [2.45, 2.75) is 117 Å². The highest BCUT2D eigenvalue weighted by molar-refractivity contribution is 5.70. The Balaban J connectivity index is 1.83. The fourth-order valence-electron chi connectivity index (χ4n) is 5.62. The molecule has 312 valence electrons. The molecule has 1 aromatic rings. The van der Waals surface area contributed by atoms with Crippen LogP contribution in [-0.2, 0) is 90.5 Å². The first-order chi connectivity index (χ1) is 26.8. The van der Waals surface area contributed by atoms with E-state index in [2.05, 4.69) is 11.8 Å². The van der Waals surface area contributed by atoms with Crippen LogP contribution in [-0.4, -0.2) is 129 Å². The maximum atomic E-state index is 12.1. The van der Waals surface area contributed by atoms with Crippen molar-refractivity contribution in [1.82, 2.24) is 0 Å². The minimum Gasteiger partial charge on any atom is -0.463 e. The van der Waals surface area contributed by atoms with Crippen LogP contribution in [0.15, 0.2) is 24.3 Å². The monoisotopic (exact) mass is 808 g/mol. The van der Waals surface area contributed by atoms with Gasteiger partial charge in [-0.15, -0.1) is 0 Å². The van der Waals surface area contributed by atoms with Gasteiger partial charge in [-0.05, 0) is 24.3 Å². The molecule has 0 radical (unpaired) electrons. The Morgan fingerprint density at radius 1 is 0.491 bits per heavy atom. The number of rotatable bonds is 14. The van der Waals surface area contributed by atoms with E-state index in [1.807, 2.05) is 0 Å². The van der Waals surface area contributed by atoms with Crippen LogP contribution in [0.3, 0.4) is 0 Å². The second-order valence-electron chi connectivity index (χ2n) is 12.4. The Morgan fingerprint density at radius 3 is 1.26 bits per heavy atom. The van der Waals surface area contributed by atoms with E-state index < -0.39 is 122 Å². The van der Waals surface area contributed by atoms with Crippen molar-refractivity contribution in [3.63, 3.8) is 0 Å². The van der Waals surface area contributed by atoms with Gasteiger partial charge in [-0.25, -0.2) is 0 Å².